The SMILES string of the molecule is c1ccc(-c2ccccc2-c2c(-c3ccccc3)cccc2N(c2cccc(-c3cccc4c5ccccc5n(-c5ccccc5)c34)c2)c2ccc3c(c2)-c2ccccc2C3(c2ccccc2)c2ccccc2)cc1. The third kappa shape index (κ3) is 7.17. The molecule has 0 spiro atoms. The van der Waals surface area contributed by atoms with Gasteiger partial charge in [0.1, 0.15) is 0 Å². The van der Waals surface area contributed by atoms with Crippen molar-refractivity contribution in [1.29, 1.82) is 0 Å². The van der Waals surface area contributed by atoms with Crippen molar-refractivity contribution >= 4 is 38.9 Å². The summed E-state index contributed by atoms with van der Waals surface area (Å²) >= 11 is 0. The predicted octanol–water partition coefficient (Wildman–Crippen LogP) is 19.3. The monoisotopic (exact) mass is 954 g/mol. The second kappa shape index (κ2) is 18.4. The zero-order chi connectivity index (χ0) is 49.7. The van der Waals surface area contributed by atoms with Gasteiger partial charge in [0, 0.05) is 39.0 Å². The molecule has 14 rings (SSSR count). The van der Waals surface area contributed by atoms with Gasteiger partial charge in [-0.3, -0.25) is 0 Å². The van der Waals surface area contributed by atoms with Crippen molar-refractivity contribution in [3.8, 4) is 61.3 Å². The highest BCUT2D eigenvalue weighted by atomic mass is 15.1. The number of hydrogen-bond donors (Lipinski definition) is 0. The highest BCUT2D eigenvalue weighted by Gasteiger charge is 2.46. The Kier molecular flexibility index (Phi) is 10.8. The molecule has 0 amide bonds. The third-order valence-electron chi connectivity index (χ3n) is 15.5. The summed E-state index contributed by atoms with van der Waals surface area (Å²) in [5, 5.41) is 2.46. The summed E-state index contributed by atoms with van der Waals surface area (Å²) in [6.07, 6.45) is 0. The lowest BCUT2D eigenvalue weighted by molar-refractivity contribution is 0.768. The Balaban J connectivity index is 1.06. The van der Waals surface area contributed by atoms with E-state index in [1.807, 2.05) is 0 Å². The average Bonchev–Trinajstić information content (AvgIpc) is 3.99. The maximum atomic E-state index is 2.52. The number of fused-ring (bicyclic) bond motifs is 6. The largest absolute Gasteiger partial charge is 0.310 e. The zero-order valence-corrected chi connectivity index (χ0v) is 41.3. The lowest BCUT2D eigenvalue weighted by atomic mass is 9.68. The Bertz CT molecular complexity index is 4180. The van der Waals surface area contributed by atoms with Gasteiger partial charge in [0.25, 0.3) is 0 Å². The van der Waals surface area contributed by atoms with Crippen LogP contribution in [-0.4, -0.2) is 4.57 Å². The molecule has 0 atom stereocenters. The van der Waals surface area contributed by atoms with Crippen LogP contribution >= 0.6 is 0 Å². The molecule has 1 aliphatic rings. The van der Waals surface area contributed by atoms with E-state index in [1.54, 1.807) is 0 Å². The van der Waals surface area contributed by atoms with Gasteiger partial charge in [0.15, 0.2) is 0 Å². The van der Waals surface area contributed by atoms with E-state index >= 15 is 0 Å². The van der Waals surface area contributed by atoms with Gasteiger partial charge in [-0.15, -0.1) is 0 Å². The first-order valence-electron chi connectivity index (χ1n) is 25.9. The summed E-state index contributed by atoms with van der Waals surface area (Å²) in [7, 11) is 0. The summed E-state index contributed by atoms with van der Waals surface area (Å²) < 4.78 is 2.44. The Morgan fingerprint density at radius 1 is 0.293 bits per heavy atom. The average molecular weight is 955 g/mol. The molecule has 0 radical (unpaired) electrons. The second-order valence-electron chi connectivity index (χ2n) is 19.5. The fraction of sp³-hybridized carbons (Fsp3) is 0.0137. The molecule has 12 aromatic carbocycles. The van der Waals surface area contributed by atoms with Gasteiger partial charge in [-0.25, -0.2) is 0 Å². The Labute approximate surface area is 438 Å². The fourth-order valence-corrected chi connectivity index (χ4v) is 12.4. The van der Waals surface area contributed by atoms with Crippen LogP contribution in [-0.2, 0) is 5.41 Å². The van der Waals surface area contributed by atoms with Crippen LogP contribution in [0.15, 0.2) is 303 Å². The quantitative estimate of drug-likeness (QED) is 0.133. The van der Waals surface area contributed by atoms with Crippen LogP contribution in [0.2, 0.25) is 0 Å². The van der Waals surface area contributed by atoms with E-state index in [0.717, 1.165) is 50.6 Å². The van der Waals surface area contributed by atoms with Crippen molar-refractivity contribution in [2.45, 2.75) is 5.41 Å². The van der Waals surface area contributed by atoms with Gasteiger partial charge in [-0.2, -0.15) is 0 Å². The lowest BCUT2D eigenvalue weighted by Crippen LogP contribution is -2.28. The molecular weight excluding hydrogens is 905 g/mol. The summed E-state index contributed by atoms with van der Waals surface area (Å²) in [5.74, 6) is 0. The molecule has 352 valence electrons. The molecule has 0 N–H and O–H groups in total. The van der Waals surface area contributed by atoms with Gasteiger partial charge in [-0.05, 0) is 115 Å². The number of hydrogen-bond acceptors (Lipinski definition) is 1. The molecule has 2 nitrogen and oxygen atoms in total. The first kappa shape index (κ1) is 44.0. The molecule has 1 heterocycles. The summed E-state index contributed by atoms with van der Waals surface area (Å²) in [6, 6.07) is 112. The second-order valence-corrected chi connectivity index (χ2v) is 19.5. The maximum absolute atomic E-state index is 2.52. The van der Waals surface area contributed by atoms with E-state index in [-0.39, 0.29) is 0 Å². The molecule has 13 aromatic rings. The van der Waals surface area contributed by atoms with Gasteiger partial charge >= 0.3 is 0 Å². The van der Waals surface area contributed by atoms with Crippen LogP contribution in [0.1, 0.15) is 22.3 Å². The topological polar surface area (TPSA) is 8.17 Å². The van der Waals surface area contributed by atoms with Crippen LogP contribution in [0.5, 0.6) is 0 Å². The van der Waals surface area contributed by atoms with Crippen molar-refractivity contribution in [2.24, 2.45) is 0 Å². The maximum Gasteiger partial charge on any atom is 0.0713 e. The van der Waals surface area contributed by atoms with E-state index < -0.39 is 5.41 Å². The van der Waals surface area contributed by atoms with Crippen LogP contribution in [0.3, 0.4) is 0 Å². The molecule has 0 aliphatic heterocycles. The molecule has 1 aromatic heterocycles. The molecule has 75 heavy (non-hydrogen) atoms. The first-order valence-corrected chi connectivity index (χ1v) is 25.9. The highest BCUT2D eigenvalue weighted by Crippen LogP contribution is 2.58. The van der Waals surface area contributed by atoms with E-state index in [9.17, 15) is 0 Å². The van der Waals surface area contributed by atoms with E-state index in [4.69, 9.17) is 0 Å². The van der Waals surface area contributed by atoms with Crippen molar-refractivity contribution in [2.75, 3.05) is 4.90 Å². The highest BCUT2D eigenvalue weighted by molar-refractivity contribution is 6.14. The summed E-state index contributed by atoms with van der Waals surface area (Å²) in [4.78, 5) is 2.52. The van der Waals surface area contributed by atoms with Crippen LogP contribution in [0.4, 0.5) is 17.1 Å². The smallest absolute Gasteiger partial charge is 0.0713 e. The van der Waals surface area contributed by atoms with Gasteiger partial charge < -0.3 is 9.47 Å². The normalized spacial score (nSPS) is 12.4. The minimum atomic E-state index is -0.527. The minimum Gasteiger partial charge on any atom is -0.310 e. The summed E-state index contributed by atoms with van der Waals surface area (Å²) in [6.45, 7) is 0. The molecular formula is C73H50N2. The van der Waals surface area contributed by atoms with Gasteiger partial charge in [0.05, 0.1) is 22.1 Å². The van der Waals surface area contributed by atoms with E-state index in [1.165, 1.54) is 71.9 Å². The Morgan fingerprint density at radius 2 is 0.787 bits per heavy atom. The lowest BCUT2D eigenvalue weighted by Gasteiger charge is -2.34. The molecule has 0 saturated heterocycles. The fourth-order valence-electron chi connectivity index (χ4n) is 12.4. The number of anilines is 3. The van der Waals surface area contributed by atoms with Crippen molar-refractivity contribution in [1.82, 2.24) is 4.57 Å². The standard InChI is InChI=1S/C73H50N2/c1-6-25-51(26-7-1)59-37-16-17-40-64(59)71-60(52-27-8-2-9-28-52)41-24-46-70(71)74(57-36-22-29-53(49-57)61-42-23-43-65-63-39-19-21-45-69(63)75(72(61)65)56-34-14-5-15-35-56)58-47-48-68-66(50-58)62-38-18-20-44-67(62)73(68,54-30-10-3-11-31-54)55-32-12-4-13-33-55/h1-50H. The number of nitrogens with zero attached hydrogens (tertiary/aromatic N) is 2. The Hall–Kier alpha value is -9.76. The number of rotatable bonds is 10. The van der Waals surface area contributed by atoms with Crippen LogP contribution in [0, 0.1) is 0 Å². The number of para-hydroxylation sites is 3. The number of aromatic nitrogens is 1. The van der Waals surface area contributed by atoms with E-state index in [0.29, 0.717) is 0 Å². The van der Waals surface area contributed by atoms with E-state index in [2.05, 4.69) is 313 Å². The van der Waals surface area contributed by atoms with Crippen molar-refractivity contribution < 1.29 is 0 Å². The van der Waals surface area contributed by atoms with Gasteiger partial charge in [-0.1, -0.05) is 255 Å². The first-order chi connectivity index (χ1) is 37.3. The van der Waals surface area contributed by atoms with Crippen molar-refractivity contribution in [3.63, 3.8) is 0 Å². The molecule has 2 heteroatoms. The van der Waals surface area contributed by atoms with Crippen LogP contribution < -0.4 is 4.90 Å². The molecule has 1 aliphatic carbocycles. The van der Waals surface area contributed by atoms with Crippen LogP contribution in [0.25, 0.3) is 83.1 Å². The predicted molar refractivity (Wildman–Crippen MR) is 315 cm³/mol. The van der Waals surface area contributed by atoms with Gasteiger partial charge in [0.2, 0.25) is 0 Å². The number of benzene rings is 12. The molecule has 0 bridgehead atoms. The molecule has 0 unspecified atom stereocenters. The molecule has 0 saturated carbocycles. The third-order valence-corrected chi connectivity index (χ3v) is 15.5. The Morgan fingerprint density at radius 3 is 1.51 bits per heavy atom. The minimum absolute atomic E-state index is 0.527. The zero-order valence-electron chi connectivity index (χ0n) is 41.3. The summed E-state index contributed by atoms with van der Waals surface area (Å²) in [5.41, 5.74) is 23.0. The molecule has 0 fully saturated rings. The van der Waals surface area contributed by atoms with Crippen molar-refractivity contribution in [3.05, 3.63) is 326 Å².